The molecule has 214 valence electrons. The minimum Gasteiger partial charge on any atom is -0.496 e. The molecular formula is C31H36N6O3S. The summed E-state index contributed by atoms with van der Waals surface area (Å²) in [6, 6.07) is 16.3. The lowest BCUT2D eigenvalue weighted by Gasteiger charge is -2.22. The maximum atomic E-state index is 10.2. The van der Waals surface area contributed by atoms with Gasteiger partial charge in [0.2, 0.25) is 0 Å². The molecule has 3 heterocycles. The van der Waals surface area contributed by atoms with E-state index >= 15 is 0 Å². The standard InChI is InChI=1S/C31H36N6O3S/c1-20-28(22-9-10-24(40-5)25(16-22)41-14-13-38)30-34-26(31(2,3)19-39)17-27(37(30)35-20)33-18-21-7-6-8-23(15-21)29-32-11-12-36(29)4/h6-12,15-17,33,38-39H,13-14,18-19H2,1-5H3. The summed E-state index contributed by atoms with van der Waals surface area (Å²) in [6.07, 6.45) is 3.74. The number of fused-ring (bicyclic) bond motifs is 1. The molecule has 0 saturated heterocycles. The van der Waals surface area contributed by atoms with E-state index in [1.165, 1.54) is 0 Å². The van der Waals surface area contributed by atoms with Crippen LogP contribution >= 0.6 is 11.8 Å². The molecule has 0 saturated carbocycles. The highest BCUT2D eigenvalue weighted by atomic mass is 32.2. The summed E-state index contributed by atoms with van der Waals surface area (Å²) >= 11 is 1.54. The molecule has 0 bridgehead atoms. The maximum Gasteiger partial charge on any atom is 0.165 e. The Hall–Kier alpha value is -3.86. The van der Waals surface area contributed by atoms with Gasteiger partial charge in [-0.15, -0.1) is 11.8 Å². The molecule has 0 unspecified atom stereocenters. The number of anilines is 1. The van der Waals surface area contributed by atoms with Gasteiger partial charge in [0.05, 0.1) is 36.6 Å². The van der Waals surface area contributed by atoms with Crippen LogP contribution in [-0.4, -0.2) is 60.4 Å². The highest BCUT2D eigenvalue weighted by Crippen LogP contribution is 2.37. The van der Waals surface area contributed by atoms with E-state index in [2.05, 4.69) is 34.6 Å². The van der Waals surface area contributed by atoms with Crippen LogP contribution in [0.25, 0.3) is 28.2 Å². The van der Waals surface area contributed by atoms with Crippen molar-refractivity contribution in [2.24, 2.45) is 7.05 Å². The number of aliphatic hydroxyl groups excluding tert-OH is 2. The second-order valence-corrected chi connectivity index (χ2v) is 11.8. The number of aliphatic hydroxyl groups is 2. The Morgan fingerprint density at radius 3 is 2.61 bits per heavy atom. The van der Waals surface area contributed by atoms with Gasteiger partial charge in [-0.2, -0.15) is 9.61 Å². The molecule has 10 heteroatoms. The van der Waals surface area contributed by atoms with Gasteiger partial charge in [-0.1, -0.05) is 38.1 Å². The first kappa shape index (κ1) is 28.7. The van der Waals surface area contributed by atoms with Crippen molar-refractivity contribution in [3.8, 4) is 28.3 Å². The van der Waals surface area contributed by atoms with Gasteiger partial charge in [0.15, 0.2) is 5.65 Å². The number of nitrogens with zero attached hydrogens (tertiary/aromatic N) is 5. The number of thioether (sulfide) groups is 1. The Morgan fingerprint density at radius 2 is 1.90 bits per heavy atom. The van der Waals surface area contributed by atoms with Crippen LogP contribution in [0, 0.1) is 6.92 Å². The summed E-state index contributed by atoms with van der Waals surface area (Å²) in [5.41, 5.74) is 5.75. The molecular weight excluding hydrogens is 536 g/mol. The maximum absolute atomic E-state index is 10.2. The van der Waals surface area contributed by atoms with Crippen LogP contribution in [0.15, 0.2) is 65.8 Å². The predicted octanol–water partition coefficient (Wildman–Crippen LogP) is 5.08. The topological polar surface area (TPSA) is 110 Å². The van der Waals surface area contributed by atoms with Crippen LogP contribution in [0.2, 0.25) is 0 Å². The number of imidazole rings is 1. The number of benzene rings is 2. The first-order valence-electron chi connectivity index (χ1n) is 13.5. The molecule has 9 nitrogen and oxygen atoms in total. The molecule has 0 aliphatic rings. The highest BCUT2D eigenvalue weighted by Gasteiger charge is 2.26. The third-order valence-electron chi connectivity index (χ3n) is 7.13. The molecule has 41 heavy (non-hydrogen) atoms. The molecule has 5 aromatic rings. The second kappa shape index (κ2) is 11.9. The molecule has 0 atom stereocenters. The molecule has 0 aliphatic heterocycles. The van der Waals surface area contributed by atoms with E-state index in [0.717, 1.165) is 55.9 Å². The summed E-state index contributed by atoms with van der Waals surface area (Å²) < 4.78 is 9.41. The van der Waals surface area contributed by atoms with Gasteiger partial charge < -0.3 is 24.8 Å². The number of methoxy groups -OCH3 is 1. The Kier molecular flexibility index (Phi) is 8.35. The number of hydrogen-bond acceptors (Lipinski definition) is 8. The largest absolute Gasteiger partial charge is 0.496 e. The summed E-state index contributed by atoms with van der Waals surface area (Å²) in [7, 11) is 3.63. The molecule has 0 radical (unpaired) electrons. The first-order valence-corrected chi connectivity index (χ1v) is 14.5. The molecule has 3 aromatic heterocycles. The SMILES string of the molecule is COc1ccc(-c2c(C)nn3c(NCc4cccc(-c5nccn5C)c4)cc(C(C)(C)CO)nc23)cc1SCCO. The smallest absolute Gasteiger partial charge is 0.165 e. The van der Waals surface area contributed by atoms with Crippen LogP contribution in [0.5, 0.6) is 5.75 Å². The number of nitrogens with one attached hydrogen (secondary N) is 1. The molecule has 2 aromatic carbocycles. The van der Waals surface area contributed by atoms with Crippen molar-refractivity contribution < 1.29 is 14.9 Å². The van der Waals surface area contributed by atoms with E-state index in [4.69, 9.17) is 14.8 Å². The monoisotopic (exact) mass is 572 g/mol. The lowest BCUT2D eigenvalue weighted by atomic mass is 9.90. The van der Waals surface area contributed by atoms with Crippen molar-refractivity contribution in [1.82, 2.24) is 24.1 Å². The fourth-order valence-electron chi connectivity index (χ4n) is 4.77. The zero-order chi connectivity index (χ0) is 29.1. The van der Waals surface area contributed by atoms with Crippen molar-refractivity contribution in [3.05, 3.63) is 77.9 Å². The number of aromatic nitrogens is 5. The lowest BCUT2D eigenvalue weighted by molar-refractivity contribution is 0.215. The summed E-state index contributed by atoms with van der Waals surface area (Å²) in [4.78, 5) is 10.5. The average molecular weight is 573 g/mol. The van der Waals surface area contributed by atoms with Crippen LogP contribution in [0.3, 0.4) is 0 Å². The van der Waals surface area contributed by atoms with Crippen molar-refractivity contribution in [2.45, 2.75) is 37.6 Å². The zero-order valence-electron chi connectivity index (χ0n) is 24.0. The van der Waals surface area contributed by atoms with Gasteiger partial charge in [-0.25, -0.2) is 9.97 Å². The van der Waals surface area contributed by atoms with Crippen molar-refractivity contribution in [2.75, 3.05) is 31.4 Å². The van der Waals surface area contributed by atoms with E-state index in [1.54, 1.807) is 25.1 Å². The summed E-state index contributed by atoms with van der Waals surface area (Å²) in [5.74, 6) is 3.02. The van der Waals surface area contributed by atoms with Crippen molar-refractivity contribution in [1.29, 1.82) is 0 Å². The predicted molar refractivity (Wildman–Crippen MR) is 164 cm³/mol. The summed E-state index contributed by atoms with van der Waals surface area (Å²) in [6.45, 7) is 6.53. The molecule has 3 N–H and O–H groups in total. The highest BCUT2D eigenvalue weighted by molar-refractivity contribution is 7.99. The van der Waals surface area contributed by atoms with E-state index in [9.17, 15) is 10.2 Å². The van der Waals surface area contributed by atoms with E-state index in [1.807, 2.05) is 67.4 Å². The minimum atomic E-state index is -0.562. The quantitative estimate of drug-likeness (QED) is 0.188. The Morgan fingerprint density at radius 1 is 1.07 bits per heavy atom. The minimum absolute atomic E-state index is 0.0474. The van der Waals surface area contributed by atoms with Crippen LogP contribution in [-0.2, 0) is 19.0 Å². The van der Waals surface area contributed by atoms with Gasteiger partial charge in [0, 0.05) is 54.3 Å². The average Bonchev–Trinajstić information content (AvgIpc) is 3.56. The molecule has 0 aliphatic carbocycles. The second-order valence-electron chi connectivity index (χ2n) is 10.6. The third kappa shape index (κ3) is 5.81. The third-order valence-corrected chi connectivity index (χ3v) is 8.15. The Bertz CT molecular complexity index is 1680. The van der Waals surface area contributed by atoms with E-state index < -0.39 is 5.41 Å². The van der Waals surface area contributed by atoms with Crippen LogP contribution in [0.1, 0.15) is 30.8 Å². The van der Waals surface area contributed by atoms with Crippen molar-refractivity contribution in [3.63, 3.8) is 0 Å². The van der Waals surface area contributed by atoms with E-state index in [0.29, 0.717) is 17.9 Å². The number of rotatable bonds is 11. The normalized spacial score (nSPS) is 11.8. The molecule has 0 amide bonds. The van der Waals surface area contributed by atoms with Gasteiger partial charge in [-0.3, -0.25) is 0 Å². The fourth-order valence-corrected chi connectivity index (χ4v) is 5.59. The van der Waals surface area contributed by atoms with Crippen LogP contribution in [0.4, 0.5) is 5.82 Å². The Labute approximate surface area is 244 Å². The van der Waals surface area contributed by atoms with Crippen molar-refractivity contribution >= 4 is 23.2 Å². The van der Waals surface area contributed by atoms with Gasteiger partial charge >= 0.3 is 0 Å². The molecule has 0 spiro atoms. The van der Waals surface area contributed by atoms with E-state index in [-0.39, 0.29) is 13.2 Å². The molecule has 0 fully saturated rings. The summed E-state index contributed by atoms with van der Waals surface area (Å²) in [5, 5.41) is 28.1. The van der Waals surface area contributed by atoms with Crippen LogP contribution < -0.4 is 10.1 Å². The number of aryl methyl sites for hydroxylation is 2. The lowest BCUT2D eigenvalue weighted by Crippen LogP contribution is -2.24. The fraction of sp³-hybridized carbons (Fsp3) is 0.323. The van der Waals surface area contributed by atoms with Gasteiger partial charge in [0.25, 0.3) is 0 Å². The first-order chi connectivity index (χ1) is 19.7. The number of ether oxygens (including phenoxy) is 1. The van der Waals surface area contributed by atoms with Gasteiger partial charge in [-0.05, 0) is 36.2 Å². The Balaban J connectivity index is 1.58. The molecule has 5 rings (SSSR count). The number of hydrogen-bond donors (Lipinski definition) is 3. The van der Waals surface area contributed by atoms with Gasteiger partial charge in [0.1, 0.15) is 17.4 Å². The zero-order valence-corrected chi connectivity index (χ0v) is 24.9.